The molecule has 0 radical (unpaired) electrons. The molecule has 0 aliphatic carbocycles. The van der Waals surface area contributed by atoms with Gasteiger partial charge in [-0.1, -0.05) is 13.3 Å². The van der Waals surface area contributed by atoms with Gasteiger partial charge in [-0.15, -0.1) is 0 Å². The van der Waals surface area contributed by atoms with E-state index in [1.807, 2.05) is 13.0 Å². The summed E-state index contributed by atoms with van der Waals surface area (Å²) in [6, 6.07) is 0.587. The molecule has 2 amide bonds. The monoisotopic (exact) mass is 255 g/mol. The van der Waals surface area contributed by atoms with Crippen molar-refractivity contribution in [2.75, 3.05) is 19.7 Å². The highest BCUT2D eigenvalue weighted by Gasteiger charge is 2.27. The zero-order valence-corrected chi connectivity index (χ0v) is 10.3. The molecule has 0 aromatic heterocycles. The average Bonchev–Trinajstić information content (AvgIpc) is 2.38. The van der Waals surface area contributed by atoms with E-state index >= 15 is 0 Å². The van der Waals surface area contributed by atoms with Crippen molar-refractivity contribution in [3.05, 3.63) is 0 Å². The number of hydrogen-bond donors (Lipinski definition) is 2. The Balaban J connectivity index is 2.53. The number of nitrogens with one attached hydrogen (secondary N) is 1. The highest BCUT2D eigenvalue weighted by atomic mass is 16.5. The van der Waals surface area contributed by atoms with E-state index in [1.165, 1.54) is 4.90 Å². The molecule has 1 heterocycles. The standard InChI is InChI=1S/C11H17N3O4/c1-2-3-9(10(15)16)13-11(17)14-4-5-18-8(6-12)7-14/h8-9H,2-5,7H2,1H3,(H,13,17)(H,15,16)/t8?,9-/m0/s1. The van der Waals surface area contributed by atoms with Gasteiger partial charge in [-0.25, -0.2) is 9.59 Å². The van der Waals surface area contributed by atoms with Crippen molar-refractivity contribution < 1.29 is 19.4 Å². The fourth-order valence-corrected chi connectivity index (χ4v) is 1.70. The highest BCUT2D eigenvalue weighted by Crippen LogP contribution is 2.06. The number of hydrogen-bond acceptors (Lipinski definition) is 4. The van der Waals surface area contributed by atoms with Gasteiger partial charge in [-0.2, -0.15) is 5.26 Å². The molecule has 1 aliphatic rings. The Morgan fingerprint density at radius 1 is 1.67 bits per heavy atom. The van der Waals surface area contributed by atoms with Crippen molar-refractivity contribution in [2.45, 2.75) is 31.9 Å². The SMILES string of the molecule is CCC[C@H](NC(=O)N1CCOC(C#N)C1)C(=O)O. The van der Waals surface area contributed by atoms with Crippen LogP contribution in [0.2, 0.25) is 0 Å². The summed E-state index contributed by atoms with van der Waals surface area (Å²) in [5.41, 5.74) is 0. The van der Waals surface area contributed by atoms with E-state index < -0.39 is 24.1 Å². The van der Waals surface area contributed by atoms with E-state index in [1.54, 1.807) is 0 Å². The number of carbonyl (C=O) groups is 2. The first-order chi connectivity index (χ1) is 8.58. The van der Waals surface area contributed by atoms with Crippen molar-refractivity contribution >= 4 is 12.0 Å². The van der Waals surface area contributed by atoms with E-state index in [-0.39, 0.29) is 13.2 Å². The maximum absolute atomic E-state index is 11.8. The summed E-state index contributed by atoms with van der Waals surface area (Å²) in [4.78, 5) is 24.2. The number of carboxylic acid groups (broad SMARTS) is 1. The van der Waals surface area contributed by atoms with Crippen molar-refractivity contribution in [1.29, 1.82) is 5.26 Å². The van der Waals surface area contributed by atoms with Crippen LogP contribution in [-0.4, -0.2) is 53.8 Å². The summed E-state index contributed by atoms with van der Waals surface area (Å²) >= 11 is 0. The number of nitriles is 1. The van der Waals surface area contributed by atoms with Crippen molar-refractivity contribution in [2.24, 2.45) is 0 Å². The fraction of sp³-hybridized carbons (Fsp3) is 0.727. The van der Waals surface area contributed by atoms with E-state index in [0.29, 0.717) is 19.4 Å². The van der Waals surface area contributed by atoms with Gasteiger partial charge in [-0.05, 0) is 6.42 Å². The predicted octanol–water partition coefficient (Wildman–Crippen LogP) is 0.174. The topological polar surface area (TPSA) is 103 Å². The molecule has 1 rings (SSSR count). The minimum Gasteiger partial charge on any atom is -0.480 e. The lowest BCUT2D eigenvalue weighted by Gasteiger charge is -2.30. The summed E-state index contributed by atoms with van der Waals surface area (Å²) in [7, 11) is 0. The lowest BCUT2D eigenvalue weighted by atomic mass is 10.2. The minimum absolute atomic E-state index is 0.167. The summed E-state index contributed by atoms with van der Waals surface area (Å²) in [5, 5.41) is 20.1. The molecule has 7 heteroatoms. The van der Waals surface area contributed by atoms with Gasteiger partial charge in [0.05, 0.1) is 19.2 Å². The second kappa shape index (κ2) is 6.81. The molecule has 1 unspecified atom stereocenters. The van der Waals surface area contributed by atoms with Gasteiger partial charge in [0.1, 0.15) is 6.04 Å². The zero-order chi connectivity index (χ0) is 13.5. The van der Waals surface area contributed by atoms with Gasteiger partial charge in [0.2, 0.25) is 0 Å². The molecular weight excluding hydrogens is 238 g/mol. The zero-order valence-electron chi connectivity index (χ0n) is 10.3. The number of amides is 2. The third-order valence-electron chi connectivity index (χ3n) is 2.67. The van der Waals surface area contributed by atoms with Crippen LogP contribution in [0.3, 0.4) is 0 Å². The molecule has 2 atom stereocenters. The molecule has 1 aliphatic heterocycles. The molecule has 1 saturated heterocycles. The van der Waals surface area contributed by atoms with Gasteiger partial charge in [0, 0.05) is 6.54 Å². The van der Waals surface area contributed by atoms with E-state index in [2.05, 4.69) is 5.32 Å². The Morgan fingerprint density at radius 3 is 2.94 bits per heavy atom. The van der Waals surface area contributed by atoms with Crippen LogP contribution < -0.4 is 5.32 Å². The first-order valence-electron chi connectivity index (χ1n) is 5.88. The first kappa shape index (κ1) is 14.3. The number of carbonyl (C=O) groups excluding carboxylic acids is 1. The van der Waals surface area contributed by atoms with Crippen molar-refractivity contribution in [3.63, 3.8) is 0 Å². The van der Waals surface area contributed by atoms with Crippen molar-refractivity contribution in [1.82, 2.24) is 10.2 Å². The maximum atomic E-state index is 11.8. The predicted molar refractivity (Wildman–Crippen MR) is 61.8 cm³/mol. The summed E-state index contributed by atoms with van der Waals surface area (Å²) in [6.45, 7) is 2.67. The van der Waals surface area contributed by atoms with Crippen LogP contribution in [-0.2, 0) is 9.53 Å². The molecule has 0 saturated carbocycles. The first-order valence-corrected chi connectivity index (χ1v) is 5.88. The van der Waals surface area contributed by atoms with Crippen molar-refractivity contribution in [3.8, 4) is 6.07 Å². The summed E-state index contributed by atoms with van der Waals surface area (Å²) in [5.74, 6) is -1.05. The van der Waals surface area contributed by atoms with Crippen LogP contribution in [0.1, 0.15) is 19.8 Å². The van der Waals surface area contributed by atoms with E-state index in [9.17, 15) is 9.59 Å². The molecule has 0 aromatic carbocycles. The van der Waals surface area contributed by atoms with E-state index in [4.69, 9.17) is 15.1 Å². The molecular formula is C11H17N3O4. The Bertz CT molecular complexity index is 353. The Kier molecular flexibility index (Phi) is 5.39. The van der Waals surface area contributed by atoms with Crippen LogP contribution >= 0.6 is 0 Å². The quantitative estimate of drug-likeness (QED) is 0.745. The number of aliphatic carboxylic acids is 1. The molecule has 0 spiro atoms. The molecule has 2 N–H and O–H groups in total. The lowest BCUT2D eigenvalue weighted by Crippen LogP contribution is -2.53. The third kappa shape index (κ3) is 3.89. The Labute approximate surface area is 105 Å². The van der Waals surface area contributed by atoms with Gasteiger partial charge < -0.3 is 20.1 Å². The highest BCUT2D eigenvalue weighted by molar-refractivity contribution is 5.82. The molecule has 0 bridgehead atoms. The Morgan fingerprint density at radius 2 is 2.39 bits per heavy atom. The van der Waals surface area contributed by atoms with Crippen LogP contribution in [0.4, 0.5) is 4.79 Å². The van der Waals surface area contributed by atoms with Crippen LogP contribution in [0, 0.1) is 11.3 Å². The Hall–Kier alpha value is -1.81. The third-order valence-corrected chi connectivity index (χ3v) is 2.67. The van der Waals surface area contributed by atoms with Gasteiger partial charge in [0.25, 0.3) is 0 Å². The minimum atomic E-state index is -1.05. The maximum Gasteiger partial charge on any atom is 0.326 e. The van der Waals surface area contributed by atoms with Gasteiger partial charge in [0.15, 0.2) is 6.10 Å². The van der Waals surface area contributed by atoms with Gasteiger partial charge in [-0.3, -0.25) is 0 Å². The number of morpholine rings is 1. The molecule has 1 fully saturated rings. The largest absolute Gasteiger partial charge is 0.480 e. The number of ether oxygens (including phenoxy) is 1. The number of rotatable bonds is 4. The normalized spacial score (nSPS) is 20.9. The number of urea groups is 1. The molecule has 7 nitrogen and oxygen atoms in total. The summed E-state index contributed by atoms with van der Waals surface area (Å²) < 4.78 is 5.11. The number of carboxylic acids is 1. The fourth-order valence-electron chi connectivity index (χ4n) is 1.70. The van der Waals surface area contributed by atoms with Crippen LogP contribution in [0.15, 0.2) is 0 Å². The molecule has 18 heavy (non-hydrogen) atoms. The lowest BCUT2D eigenvalue weighted by molar-refractivity contribution is -0.139. The van der Waals surface area contributed by atoms with Gasteiger partial charge >= 0.3 is 12.0 Å². The smallest absolute Gasteiger partial charge is 0.326 e. The molecule has 0 aromatic rings. The second-order valence-corrected chi connectivity index (χ2v) is 4.06. The average molecular weight is 255 g/mol. The molecule has 100 valence electrons. The second-order valence-electron chi connectivity index (χ2n) is 4.06. The van der Waals surface area contributed by atoms with E-state index in [0.717, 1.165) is 0 Å². The van der Waals surface area contributed by atoms with Crippen LogP contribution in [0.5, 0.6) is 0 Å². The number of nitrogens with zero attached hydrogens (tertiary/aromatic N) is 2. The van der Waals surface area contributed by atoms with Crippen LogP contribution in [0.25, 0.3) is 0 Å². The summed E-state index contributed by atoms with van der Waals surface area (Å²) in [6.07, 6.45) is 0.410.